The molecule has 1 atom stereocenters. The van der Waals surface area contributed by atoms with Crippen LogP contribution < -0.4 is 4.72 Å². The van der Waals surface area contributed by atoms with E-state index < -0.39 is 22.0 Å². The predicted octanol–water partition coefficient (Wildman–Crippen LogP) is 2.35. The minimum atomic E-state index is -3.86. The van der Waals surface area contributed by atoms with E-state index in [4.69, 9.17) is 5.11 Å². The Balaban J connectivity index is 3.35. The summed E-state index contributed by atoms with van der Waals surface area (Å²) in [7, 11) is -3.86. The van der Waals surface area contributed by atoms with E-state index >= 15 is 0 Å². The number of aliphatic carboxylic acids is 1. The van der Waals surface area contributed by atoms with Crippen LogP contribution in [0.3, 0.4) is 0 Å². The Morgan fingerprint density at radius 3 is 1.95 bits per heavy atom. The Kier molecular flexibility index (Phi) is 4.85. The molecular formula is C15H23NO4S. The molecule has 6 heteroatoms. The number of hydrogen-bond donors (Lipinski definition) is 2. The fourth-order valence-corrected chi connectivity index (χ4v) is 3.80. The molecule has 21 heavy (non-hydrogen) atoms. The van der Waals surface area contributed by atoms with Gasteiger partial charge in [0.2, 0.25) is 10.0 Å². The van der Waals surface area contributed by atoms with Crippen molar-refractivity contribution in [2.45, 2.75) is 57.9 Å². The van der Waals surface area contributed by atoms with Gasteiger partial charge in [0.1, 0.15) is 6.04 Å². The van der Waals surface area contributed by atoms with Gasteiger partial charge in [-0.1, -0.05) is 32.9 Å². The number of sulfonamides is 1. The largest absolute Gasteiger partial charge is 0.480 e. The van der Waals surface area contributed by atoms with E-state index in [1.54, 1.807) is 13.8 Å². The van der Waals surface area contributed by atoms with Gasteiger partial charge in [0.25, 0.3) is 0 Å². The molecule has 0 unspecified atom stereocenters. The van der Waals surface area contributed by atoms with Crippen molar-refractivity contribution in [3.8, 4) is 0 Å². The number of hydrogen-bond acceptors (Lipinski definition) is 3. The number of carboxylic acids is 1. The summed E-state index contributed by atoms with van der Waals surface area (Å²) in [6.45, 7) is 10.9. The smallest absolute Gasteiger partial charge is 0.321 e. The van der Waals surface area contributed by atoms with Crippen LogP contribution >= 0.6 is 0 Å². The Hall–Kier alpha value is -1.40. The van der Waals surface area contributed by atoms with Gasteiger partial charge in [-0.15, -0.1) is 0 Å². The molecule has 0 fully saturated rings. The summed E-state index contributed by atoms with van der Waals surface area (Å²) in [5.74, 6) is -1.21. The fourth-order valence-electron chi connectivity index (χ4n) is 2.15. The minimum absolute atomic E-state index is 0.0837. The Labute approximate surface area is 126 Å². The van der Waals surface area contributed by atoms with E-state index in [-0.39, 0.29) is 10.3 Å². The maximum absolute atomic E-state index is 12.4. The van der Waals surface area contributed by atoms with Gasteiger partial charge in [-0.3, -0.25) is 4.79 Å². The van der Waals surface area contributed by atoms with Crippen LogP contribution in [0.15, 0.2) is 17.0 Å². The number of carboxylic acid groups (broad SMARTS) is 1. The van der Waals surface area contributed by atoms with Gasteiger partial charge in [0.15, 0.2) is 0 Å². The molecule has 2 N–H and O–H groups in total. The van der Waals surface area contributed by atoms with E-state index in [1.165, 1.54) is 6.92 Å². The maximum atomic E-state index is 12.4. The van der Waals surface area contributed by atoms with Crippen LogP contribution in [0.2, 0.25) is 0 Å². The SMILES string of the molecule is Cc1cc(C(C)(C)C)cc(C)c1S(=O)(=O)N[C@H](C)C(=O)O. The molecule has 1 aromatic rings. The summed E-state index contributed by atoms with van der Waals surface area (Å²) in [4.78, 5) is 11.0. The summed E-state index contributed by atoms with van der Waals surface area (Å²) in [5.41, 5.74) is 2.19. The first kappa shape index (κ1) is 17.7. The van der Waals surface area contributed by atoms with Crippen molar-refractivity contribution in [1.82, 2.24) is 4.72 Å². The fraction of sp³-hybridized carbons (Fsp3) is 0.533. The number of nitrogens with one attached hydrogen (secondary N) is 1. The van der Waals surface area contributed by atoms with Crippen LogP contribution in [0.1, 0.15) is 44.4 Å². The molecular weight excluding hydrogens is 290 g/mol. The van der Waals surface area contributed by atoms with E-state index in [1.807, 2.05) is 12.1 Å². The molecule has 0 heterocycles. The highest BCUT2D eigenvalue weighted by molar-refractivity contribution is 7.89. The molecule has 0 aliphatic rings. The number of carbonyl (C=O) groups is 1. The third-order valence-corrected chi connectivity index (χ3v) is 5.14. The molecule has 118 valence electrons. The average molecular weight is 313 g/mol. The predicted molar refractivity (Wildman–Crippen MR) is 82.0 cm³/mol. The van der Waals surface area contributed by atoms with E-state index in [2.05, 4.69) is 25.5 Å². The first-order valence-corrected chi connectivity index (χ1v) is 8.21. The van der Waals surface area contributed by atoms with Crippen molar-refractivity contribution >= 4 is 16.0 Å². The molecule has 0 saturated carbocycles. The van der Waals surface area contributed by atoms with Crippen molar-refractivity contribution in [3.63, 3.8) is 0 Å². The summed E-state index contributed by atoms with van der Waals surface area (Å²) in [6, 6.07) is 2.51. The first-order chi connectivity index (χ1) is 9.36. The van der Waals surface area contributed by atoms with Crippen molar-refractivity contribution in [2.75, 3.05) is 0 Å². The van der Waals surface area contributed by atoms with Crippen molar-refractivity contribution < 1.29 is 18.3 Å². The zero-order chi connectivity index (χ0) is 16.6. The molecule has 1 rings (SSSR count). The summed E-state index contributed by atoms with van der Waals surface area (Å²) in [6.07, 6.45) is 0. The quantitative estimate of drug-likeness (QED) is 0.894. The number of rotatable bonds is 4. The molecule has 0 spiro atoms. The zero-order valence-electron chi connectivity index (χ0n) is 13.3. The van der Waals surface area contributed by atoms with Crippen LogP contribution in [0, 0.1) is 13.8 Å². The lowest BCUT2D eigenvalue weighted by atomic mass is 9.85. The zero-order valence-corrected chi connectivity index (χ0v) is 14.1. The molecule has 5 nitrogen and oxygen atoms in total. The molecule has 0 aromatic heterocycles. The van der Waals surface area contributed by atoms with Gasteiger partial charge in [-0.05, 0) is 42.9 Å². The Bertz CT molecular complexity index is 634. The highest BCUT2D eigenvalue weighted by Crippen LogP contribution is 2.29. The second-order valence-electron chi connectivity index (χ2n) is 6.37. The highest BCUT2D eigenvalue weighted by atomic mass is 32.2. The highest BCUT2D eigenvalue weighted by Gasteiger charge is 2.26. The normalized spacial score (nSPS) is 14.0. The van der Waals surface area contributed by atoms with Gasteiger partial charge in [0, 0.05) is 0 Å². The van der Waals surface area contributed by atoms with Gasteiger partial charge in [-0.25, -0.2) is 8.42 Å². The lowest BCUT2D eigenvalue weighted by molar-refractivity contribution is -0.138. The minimum Gasteiger partial charge on any atom is -0.480 e. The molecule has 0 aliphatic heterocycles. The van der Waals surface area contributed by atoms with Crippen LogP contribution in [0.25, 0.3) is 0 Å². The molecule has 0 amide bonds. The molecule has 0 aliphatic carbocycles. The van der Waals surface area contributed by atoms with Gasteiger partial charge in [-0.2, -0.15) is 4.72 Å². The molecule has 0 radical (unpaired) electrons. The number of aryl methyl sites for hydroxylation is 2. The van der Waals surface area contributed by atoms with Crippen LogP contribution in [0.5, 0.6) is 0 Å². The van der Waals surface area contributed by atoms with E-state index in [9.17, 15) is 13.2 Å². The van der Waals surface area contributed by atoms with E-state index in [0.717, 1.165) is 5.56 Å². The lowest BCUT2D eigenvalue weighted by Crippen LogP contribution is -2.38. The monoisotopic (exact) mass is 313 g/mol. The maximum Gasteiger partial charge on any atom is 0.321 e. The van der Waals surface area contributed by atoms with Crippen LogP contribution in [0.4, 0.5) is 0 Å². The summed E-state index contributed by atoms with van der Waals surface area (Å²) in [5, 5.41) is 8.85. The lowest BCUT2D eigenvalue weighted by Gasteiger charge is -2.22. The van der Waals surface area contributed by atoms with Crippen LogP contribution in [-0.2, 0) is 20.2 Å². The second-order valence-corrected chi connectivity index (χ2v) is 8.02. The van der Waals surface area contributed by atoms with Crippen molar-refractivity contribution in [3.05, 3.63) is 28.8 Å². The number of benzene rings is 1. The summed E-state index contributed by atoms with van der Waals surface area (Å²) >= 11 is 0. The Morgan fingerprint density at radius 2 is 1.62 bits per heavy atom. The van der Waals surface area contributed by atoms with Crippen LogP contribution in [-0.4, -0.2) is 25.5 Å². The third kappa shape index (κ3) is 4.04. The molecule has 1 aromatic carbocycles. The summed E-state index contributed by atoms with van der Waals surface area (Å²) < 4.78 is 26.9. The van der Waals surface area contributed by atoms with Gasteiger partial charge >= 0.3 is 5.97 Å². The van der Waals surface area contributed by atoms with Gasteiger partial charge < -0.3 is 5.11 Å². The van der Waals surface area contributed by atoms with Crippen molar-refractivity contribution in [1.29, 1.82) is 0 Å². The second kappa shape index (κ2) is 5.77. The Morgan fingerprint density at radius 1 is 1.19 bits per heavy atom. The third-order valence-electron chi connectivity index (χ3n) is 3.30. The first-order valence-electron chi connectivity index (χ1n) is 6.73. The average Bonchev–Trinajstić information content (AvgIpc) is 2.25. The molecule has 0 bridgehead atoms. The van der Waals surface area contributed by atoms with Gasteiger partial charge in [0.05, 0.1) is 4.90 Å². The standard InChI is InChI=1S/C15H23NO4S/c1-9-7-12(15(4,5)6)8-10(2)13(9)21(19,20)16-11(3)14(17)18/h7-8,11,16H,1-6H3,(H,17,18)/t11-/m1/s1. The molecule has 0 saturated heterocycles. The van der Waals surface area contributed by atoms with Crippen molar-refractivity contribution in [2.24, 2.45) is 0 Å². The topological polar surface area (TPSA) is 83.5 Å². The van der Waals surface area contributed by atoms with E-state index in [0.29, 0.717) is 11.1 Å².